The molecule has 1 N–H and O–H groups in total. The van der Waals surface area contributed by atoms with Gasteiger partial charge in [-0.1, -0.05) is 57.2 Å². The monoisotopic (exact) mass is 497 g/mol. The Morgan fingerprint density at radius 1 is 0.892 bits per heavy atom. The SMILES string of the molecule is CC(C)(C)c1ccc(C2(C(=O)Nc3ccc(CC(=O)N4CCN(c5ncccn5)CC4)cc3)CC2)cc1. The maximum Gasteiger partial charge on any atom is 0.235 e. The lowest BCUT2D eigenvalue weighted by Gasteiger charge is -2.34. The third kappa shape index (κ3) is 5.50. The summed E-state index contributed by atoms with van der Waals surface area (Å²) in [5.74, 6) is 0.864. The highest BCUT2D eigenvalue weighted by Crippen LogP contribution is 2.49. The second kappa shape index (κ2) is 9.96. The largest absolute Gasteiger partial charge is 0.339 e. The van der Waals surface area contributed by atoms with Crippen LogP contribution in [0.25, 0.3) is 0 Å². The minimum atomic E-state index is -0.433. The summed E-state index contributed by atoms with van der Waals surface area (Å²) >= 11 is 0. The molecule has 0 bridgehead atoms. The molecule has 5 rings (SSSR count). The zero-order valence-electron chi connectivity index (χ0n) is 21.9. The molecule has 3 aromatic rings. The standard InChI is InChI=1S/C30H35N5O2/c1-29(2,3)23-7-9-24(10-8-23)30(13-14-30)27(37)33-25-11-5-22(6-12-25)21-26(36)34-17-19-35(20-18-34)28-31-15-4-16-32-28/h4-12,15-16H,13-14,17-21H2,1-3H3,(H,33,37). The number of nitrogens with zero attached hydrogens (tertiary/aromatic N) is 4. The van der Waals surface area contributed by atoms with Crippen LogP contribution in [0.15, 0.2) is 67.0 Å². The Hall–Kier alpha value is -3.74. The zero-order chi connectivity index (χ0) is 26.0. The van der Waals surface area contributed by atoms with Crippen LogP contribution >= 0.6 is 0 Å². The van der Waals surface area contributed by atoms with Crippen molar-refractivity contribution in [3.63, 3.8) is 0 Å². The first-order valence-corrected chi connectivity index (χ1v) is 13.1. The second-order valence-corrected chi connectivity index (χ2v) is 11.2. The number of aromatic nitrogens is 2. The van der Waals surface area contributed by atoms with Gasteiger partial charge in [0.2, 0.25) is 17.8 Å². The van der Waals surface area contributed by atoms with Crippen molar-refractivity contribution in [3.8, 4) is 0 Å². The quantitative estimate of drug-likeness (QED) is 0.548. The first-order chi connectivity index (χ1) is 17.7. The molecule has 0 radical (unpaired) electrons. The molecule has 2 heterocycles. The Morgan fingerprint density at radius 2 is 1.51 bits per heavy atom. The van der Waals surface area contributed by atoms with Crippen LogP contribution in [0, 0.1) is 0 Å². The lowest BCUT2D eigenvalue weighted by atomic mass is 9.85. The van der Waals surface area contributed by atoms with E-state index < -0.39 is 5.41 Å². The van der Waals surface area contributed by atoms with Gasteiger partial charge in [0.05, 0.1) is 11.8 Å². The number of piperazine rings is 1. The molecule has 0 atom stereocenters. The summed E-state index contributed by atoms with van der Waals surface area (Å²) in [5.41, 5.74) is 3.71. The number of amides is 2. The fourth-order valence-corrected chi connectivity index (χ4v) is 4.91. The summed E-state index contributed by atoms with van der Waals surface area (Å²) in [6.07, 6.45) is 5.55. The van der Waals surface area contributed by atoms with Gasteiger partial charge in [0, 0.05) is 44.3 Å². The maximum atomic E-state index is 13.2. The summed E-state index contributed by atoms with van der Waals surface area (Å²) in [7, 11) is 0. The van der Waals surface area contributed by atoms with E-state index in [1.165, 1.54) is 5.56 Å². The van der Waals surface area contributed by atoms with Gasteiger partial charge in [-0.05, 0) is 53.1 Å². The van der Waals surface area contributed by atoms with Crippen LogP contribution in [0.5, 0.6) is 0 Å². The molecule has 1 saturated carbocycles. The highest BCUT2D eigenvalue weighted by molar-refractivity contribution is 6.01. The number of carbonyl (C=O) groups excluding carboxylic acids is 2. The molecule has 2 amide bonds. The number of benzene rings is 2. The Balaban J connectivity index is 1.14. The van der Waals surface area contributed by atoms with Crippen molar-refractivity contribution in [2.24, 2.45) is 0 Å². The van der Waals surface area contributed by atoms with Crippen LogP contribution in [0.1, 0.15) is 50.3 Å². The van der Waals surface area contributed by atoms with Crippen LogP contribution in [-0.2, 0) is 26.8 Å². The van der Waals surface area contributed by atoms with Gasteiger partial charge in [-0.25, -0.2) is 9.97 Å². The molecule has 37 heavy (non-hydrogen) atoms. The van der Waals surface area contributed by atoms with Gasteiger partial charge in [-0.15, -0.1) is 0 Å². The third-order valence-electron chi connectivity index (χ3n) is 7.52. The number of rotatable bonds is 6. The van der Waals surface area contributed by atoms with Crippen LogP contribution in [0.4, 0.5) is 11.6 Å². The molecule has 7 heteroatoms. The molecule has 2 aliphatic rings. The van der Waals surface area contributed by atoms with Crippen LogP contribution in [-0.4, -0.2) is 52.9 Å². The number of anilines is 2. The third-order valence-corrected chi connectivity index (χ3v) is 7.52. The first kappa shape index (κ1) is 24.9. The van der Waals surface area contributed by atoms with Gasteiger partial charge in [0.1, 0.15) is 0 Å². The van der Waals surface area contributed by atoms with Gasteiger partial charge in [0.25, 0.3) is 0 Å². The minimum Gasteiger partial charge on any atom is -0.339 e. The number of hydrogen-bond acceptors (Lipinski definition) is 5. The van der Waals surface area contributed by atoms with Crippen molar-refractivity contribution in [1.82, 2.24) is 14.9 Å². The minimum absolute atomic E-state index is 0.0418. The normalized spacial score (nSPS) is 16.8. The van der Waals surface area contributed by atoms with E-state index in [1.54, 1.807) is 18.5 Å². The Labute approximate surface area is 218 Å². The average Bonchev–Trinajstić information content (AvgIpc) is 3.72. The van der Waals surface area contributed by atoms with Crippen molar-refractivity contribution >= 4 is 23.5 Å². The number of carbonyl (C=O) groups is 2. The maximum absolute atomic E-state index is 13.2. The lowest BCUT2D eigenvalue weighted by molar-refractivity contribution is -0.130. The second-order valence-electron chi connectivity index (χ2n) is 11.2. The highest BCUT2D eigenvalue weighted by atomic mass is 16.2. The molecule has 1 aromatic heterocycles. The fraction of sp³-hybridized carbons (Fsp3) is 0.400. The van der Waals surface area contributed by atoms with E-state index in [4.69, 9.17) is 0 Å². The van der Waals surface area contributed by atoms with Gasteiger partial charge >= 0.3 is 0 Å². The van der Waals surface area contributed by atoms with Crippen LogP contribution < -0.4 is 10.2 Å². The van der Waals surface area contributed by atoms with E-state index in [-0.39, 0.29) is 17.2 Å². The topological polar surface area (TPSA) is 78.4 Å². The predicted molar refractivity (Wildman–Crippen MR) is 146 cm³/mol. The Bertz CT molecular complexity index is 1240. The van der Waals surface area contributed by atoms with Gasteiger partial charge < -0.3 is 15.1 Å². The molecule has 2 aromatic carbocycles. The Kier molecular flexibility index (Phi) is 6.71. The van der Waals surface area contributed by atoms with Crippen LogP contribution in [0.3, 0.4) is 0 Å². The first-order valence-electron chi connectivity index (χ1n) is 13.1. The molecular weight excluding hydrogens is 462 g/mol. The average molecular weight is 498 g/mol. The van der Waals surface area contributed by atoms with Crippen molar-refractivity contribution in [2.45, 2.75) is 50.9 Å². The number of hydrogen-bond donors (Lipinski definition) is 1. The van der Waals surface area contributed by atoms with Crippen molar-refractivity contribution in [3.05, 3.63) is 83.7 Å². The summed E-state index contributed by atoms with van der Waals surface area (Å²) < 4.78 is 0. The lowest BCUT2D eigenvalue weighted by Crippen LogP contribution is -2.49. The van der Waals surface area contributed by atoms with Crippen LogP contribution in [0.2, 0.25) is 0 Å². The van der Waals surface area contributed by atoms with E-state index in [1.807, 2.05) is 29.2 Å². The molecule has 0 spiro atoms. The van der Waals surface area contributed by atoms with E-state index >= 15 is 0 Å². The van der Waals surface area contributed by atoms with E-state index in [9.17, 15) is 9.59 Å². The van der Waals surface area contributed by atoms with Gasteiger partial charge in [-0.3, -0.25) is 9.59 Å². The Morgan fingerprint density at radius 3 is 2.08 bits per heavy atom. The predicted octanol–water partition coefficient (Wildman–Crippen LogP) is 4.34. The molecule has 1 aliphatic carbocycles. The molecular formula is C30H35N5O2. The molecule has 2 fully saturated rings. The van der Waals surface area contributed by atoms with Gasteiger partial charge in [0.15, 0.2) is 0 Å². The zero-order valence-corrected chi connectivity index (χ0v) is 21.9. The van der Waals surface area contributed by atoms with Crippen molar-refractivity contribution in [1.29, 1.82) is 0 Å². The smallest absolute Gasteiger partial charge is 0.235 e. The van der Waals surface area contributed by atoms with Crippen molar-refractivity contribution < 1.29 is 9.59 Å². The van der Waals surface area contributed by atoms with E-state index in [0.717, 1.165) is 42.7 Å². The molecule has 192 valence electrons. The highest BCUT2D eigenvalue weighted by Gasteiger charge is 2.51. The molecule has 0 unspecified atom stereocenters. The van der Waals surface area contributed by atoms with Crippen molar-refractivity contribution in [2.75, 3.05) is 36.4 Å². The molecule has 1 aliphatic heterocycles. The summed E-state index contributed by atoms with van der Waals surface area (Å²) in [6, 6.07) is 17.9. The molecule has 1 saturated heterocycles. The fourth-order valence-electron chi connectivity index (χ4n) is 4.91. The number of nitrogens with one attached hydrogen (secondary N) is 1. The van der Waals surface area contributed by atoms with E-state index in [0.29, 0.717) is 25.5 Å². The molecule has 7 nitrogen and oxygen atoms in total. The summed E-state index contributed by atoms with van der Waals surface area (Å²) in [4.78, 5) is 38.7. The summed E-state index contributed by atoms with van der Waals surface area (Å²) in [5, 5.41) is 3.10. The van der Waals surface area contributed by atoms with Gasteiger partial charge in [-0.2, -0.15) is 0 Å². The summed E-state index contributed by atoms with van der Waals surface area (Å²) in [6.45, 7) is 9.34. The van der Waals surface area contributed by atoms with E-state index in [2.05, 4.69) is 65.2 Å².